The molecule has 2 heteroatoms. The van der Waals surface area contributed by atoms with Crippen LogP contribution in [-0.2, 0) is 0 Å². The molecule has 0 aromatic rings. The predicted molar refractivity (Wildman–Crippen MR) is 29.8 cm³/mol. The van der Waals surface area contributed by atoms with Gasteiger partial charge in [-0.15, -0.1) is 0 Å². The maximum atomic E-state index is 3.18. The van der Waals surface area contributed by atoms with Gasteiger partial charge in [-0.05, 0) is 6.92 Å². The summed E-state index contributed by atoms with van der Waals surface area (Å²) >= 11 is 0. The highest BCUT2D eigenvalue weighted by Gasteiger charge is 2.19. The Kier molecular flexibility index (Phi) is 1.30. The van der Waals surface area contributed by atoms with Gasteiger partial charge in [-0.2, -0.15) is 0 Å². The Morgan fingerprint density at radius 3 is 2.57 bits per heavy atom. The maximum absolute atomic E-state index is 3.18. The molecule has 1 rings (SSSR count). The summed E-state index contributed by atoms with van der Waals surface area (Å²) in [6, 6.07) is 0.769. The van der Waals surface area contributed by atoms with E-state index in [1.54, 1.807) is 0 Å². The molecule has 1 atom stereocenters. The molecule has 1 aliphatic heterocycles. The van der Waals surface area contributed by atoms with Crippen LogP contribution in [0.25, 0.3) is 0 Å². The third-order valence-electron chi connectivity index (χ3n) is 1.46. The molecule has 0 saturated carbocycles. The van der Waals surface area contributed by atoms with Crippen molar-refractivity contribution in [2.24, 2.45) is 0 Å². The summed E-state index contributed by atoms with van der Waals surface area (Å²) in [7, 11) is 0. The van der Waals surface area contributed by atoms with E-state index < -0.39 is 0 Å². The van der Waals surface area contributed by atoms with E-state index in [1.165, 1.54) is 0 Å². The van der Waals surface area contributed by atoms with Crippen molar-refractivity contribution in [3.8, 4) is 0 Å². The molecule has 1 unspecified atom stereocenters. The van der Waals surface area contributed by atoms with Gasteiger partial charge in [0.05, 0.1) is 0 Å². The van der Waals surface area contributed by atoms with E-state index in [0.717, 1.165) is 19.1 Å². The van der Waals surface area contributed by atoms with Crippen molar-refractivity contribution in [2.75, 3.05) is 13.1 Å². The molecule has 0 spiro atoms. The number of nitrogens with zero attached hydrogens (tertiary/aromatic N) is 1. The molecule has 0 aliphatic carbocycles. The minimum atomic E-state index is 0.769. The van der Waals surface area contributed by atoms with E-state index in [-0.39, 0.29) is 0 Å². The van der Waals surface area contributed by atoms with E-state index in [2.05, 4.69) is 24.3 Å². The van der Waals surface area contributed by atoms with Gasteiger partial charge in [-0.25, -0.2) is 5.01 Å². The molecular weight excluding hydrogens is 88.1 g/mol. The van der Waals surface area contributed by atoms with Crippen LogP contribution in [0, 0.1) is 0 Å². The van der Waals surface area contributed by atoms with E-state index in [1.807, 2.05) is 0 Å². The Hall–Kier alpha value is -0.0800. The molecule has 2 nitrogen and oxygen atoms in total. The normalized spacial score (nSPS) is 32.6. The Bertz CT molecular complexity index is 61.1. The second kappa shape index (κ2) is 1.80. The zero-order valence-electron chi connectivity index (χ0n) is 4.94. The van der Waals surface area contributed by atoms with Crippen molar-refractivity contribution >= 4 is 0 Å². The van der Waals surface area contributed by atoms with Crippen LogP contribution >= 0.6 is 0 Å². The molecule has 1 saturated heterocycles. The van der Waals surface area contributed by atoms with Crippen molar-refractivity contribution in [3.63, 3.8) is 0 Å². The van der Waals surface area contributed by atoms with Crippen LogP contribution in [0.15, 0.2) is 0 Å². The van der Waals surface area contributed by atoms with E-state index >= 15 is 0 Å². The third-order valence-corrected chi connectivity index (χ3v) is 1.46. The highest BCUT2D eigenvalue weighted by molar-refractivity contribution is 4.72. The van der Waals surface area contributed by atoms with Crippen LogP contribution in [0.1, 0.15) is 13.8 Å². The fraction of sp³-hybridized carbons (Fsp3) is 1.00. The fourth-order valence-electron chi connectivity index (χ4n) is 0.826. The Morgan fingerprint density at radius 2 is 2.57 bits per heavy atom. The van der Waals surface area contributed by atoms with Crippen molar-refractivity contribution < 1.29 is 0 Å². The van der Waals surface area contributed by atoms with Crippen molar-refractivity contribution in [2.45, 2.75) is 19.9 Å². The van der Waals surface area contributed by atoms with Crippen molar-refractivity contribution in [3.05, 3.63) is 0 Å². The monoisotopic (exact) mass is 100 g/mol. The van der Waals surface area contributed by atoms with Crippen LogP contribution in [-0.4, -0.2) is 24.1 Å². The smallest absolute Gasteiger partial charge is 0.0353 e. The Morgan fingerprint density at radius 1 is 1.86 bits per heavy atom. The Labute approximate surface area is 44.5 Å². The highest BCUT2D eigenvalue weighted by atomic mass is 15.6. The number of likely N-dealkylation sites (N-methyl/N-ethyl adjacent to an activating group) is 1. The fourth-order valence-corrected chi connectivity index (χ4v) is 0.826. The maximum Gasteiger partial charge on any atom is 0.0353 e. The van der Waals surface area contributed by atoms with Gasteiger partial charge < -0.3 is 0 Å². The molecule has 0 radical (unpaired) electrons. The van der Waals surface area contributed by atoms with Gasteiger partial charge in [0.1, 0.15) is 0 Å². The lowest BCUT2D eigenvalue weighted by atomic mass is 10.2. The van der Waals surface area contributed by atoms with E-state index in [0.29, 0.717) is 0 Å². The van der Waals surface area contributed by atoms with Gasteiger partial charge in [-0.3, -0.25) is 5.43 Å². The van der Waals surface area contributed by atoms with Gasteiger partial charge in [0.25, 0.3) is 0 Å². The second-order valence-electron chi connectivity index (χ2n) is 2.00. The average Bonchev–Trinajstić information content (AvgIpc) is 1.65. The third kappa shape index (κ3) is 0.763. The number of hydrogen-bond donors (Lipinski definition) is 1. The molecule has 1 heterocycles. The molecule has 0 aromatic heterocycles. The van der Waals surface area contributed by atoms with Crippen LogP contribution in [0.2, 0.25) is 0 Å². The first-order chi connectivity index (χ1) is 3.34. The van der Waals surface area contributed by atoms with E-state index in [4.69, 9.17) is 0 Å². The second-order valence-corrected chi connectivity index (χ2v) is 2.00. The minimum absolute atomic E-state index is 0.769. The number of rotatable bonds is 1. The van der Waals surface area contributed by atoms with Gasteiger partial charge in [-0.1, -0.05) is 6.92 Å². The average molecular weight is 100 g/mol. The van der Waals surface area contributed by atoms with E-state index in [9.17, 15) is 0 Å². The van der Waals surface area contributed by atoms with Gasteiger partial charge in [0.15, 0.2) is 0 Å². The summed E-state index contributed by atoms with van der Waals surface area (Å²) < 4.78 is 0. The van der Waals surface area contributed by atoms with Crippen molar-refractivity contribution in [1.29, 1.82) is 0 Å². The lowest BCUT2D eigenvalue weighted by Gasteiger charge is -2.38. The molecule has 0 bridgehead atoms. The zero-order valence-corrected chi connectivity index (χ0v) is 4.94. The number of hydrazine groups is 1. The summed E-state index contributed by atoms with van der Waals surface area (Å²) in [5.74, 6) is 0. The van der Waals surface area contributed by atoms with Crippen LogP contribution in [0.5, 0.6) is 0 Å². The first kappa shape index (κ1) is 5.06. The van der Waals surface area contributed by atoms with Crippen LogP contribution in [0.4, 0.5) is 0 Å². The Balaban J connectivity index is 2.16. The molecule has 1 fully saturated rings. The molecule has 7 heavy (non-hydrogen) atoms. The SMILES string of the molecule is CCN1NCC1C. The largest absolute Gasteiger partial charge is 0.253 e. The molecule has 0 aromatic carbocycles. The van der Waals surface area contributed by atoms with Gasteiger partial charge >= 0.3 is 0 Å². The summed E-state index contributed by atoms with van der Waals surface area (Å²) in [5.41, 5.74) is 3.18. The number of hydrogen-bond acceptors (Lipinski definition) is 2. The molecule has 0 amide bonds. The highest BCUT2D eigenvalue weighted by Crippen LogP contribution is 2.01. The van der Waals surface area contributed by atoms with Crippen molar-refractivity contribution in [1.82, 2.24) is 10.4 Å². The predicted octanol–water partition coefficient (Wildman–Crippen LogP) is 0.215. The lowest BCUT2D eigenvalue weighted by Crippen LogP contribution is -2.60. The molecule has 1 aliphatic rings. The standard InChI is InChI=1S/C5H12N2/c1-3-7-5(2)4-6-7/h5-6H,3-4H2,1-2H3. The molecule has 42 valence electrons. The molecular formula is C5H12N2. The van der Waals surface area contributed by atoms with Crippen LogP contribution < -0.4 is 5.43 Å². The lowest BCUT2D eigenvalue weighted by molar-refractivity contribution is 0.0429. The summed E-state index contributed by atoms with van der Waals surface area (Å²) in [6.45, 7) is 6.66. The summed E-state index contributed by atoms with van der Waals surface area (Å²) in [6.07, 6.45) is 0. The minimum Gasteiger partial charge on any atom is -0.253 e. The summed E-state index contributed by atoms with van der Waals surface area (Å²) in [5, 5.41) is 2.22. The van der Waals surface area contributed by atoms with Gasteiger partial charge in [0, 0.05) is 19.1 Å². The first-order valence-electron chi connectivity index (χ1n) is 2.84. The zero-order chi connectivity index (χ0) is 5.28. The molecule has 1 N–H and O–H groups in total. The van der Waals surface area contributed by atoms with Crippen LogP contribution in [0.3, 0.4) is 0 Å². The summed E-state index contributed by atoms with van der Waals surface area (Å²) in [4.78, 5) is 0. The number of nitrogens with one attached hydrogen (secondary N) is 1. The first-order valence-corrected chi connectivity index (χ1v) is 2.84. The quantitative estimate of drug-likeness (QED) is 0.507. The van der Waals surface area contributed by atoms with Gasteiger partial charge in [0.2, 0.25) is 0 Å². The topological polar surface area (TPSA) is 15.3 Å².